The molecule has 1 fully saturated rings. The second kappa shape index (κ2) is 6.07. The molecule has 1 heterocycles. The molecule has 0 aliphatic heterocycles. The van der Waals surface area contributed by atoms with E-state index in [1.807, 2.05) is 6.07 Å². The lowest BCUT2D eigenvalue weighted by Gasteiger charge is -2.11. The maximum absolute atomic E-state index is 13.7. The van der Waals surface area contributed by atoms with Crippen LogP contribution in [0.25, 0.3) is 0 Å². The van der Waals surface area contributed by atoms with Gasteiger partial charge in [-0.15, -0.1) is 0 Å². The molecular formula is C15H13BrF2N2O. The van der Waals surface area contributed by atoms with Gasteiger partial charge in [0.2, 0.25) is 11.7 Å². The Morgan fingerprint density at radius 1 is 1.33 bits per heavy atom. The fourth-order valence-corrected chi connectivity index (χ4v) is 2.27. The Labute approximate surface area is 129 Å². The van der Waals surface area contributed by atoms with E-state index >= 15 is 0 Å². The van der Waals surface area contributed by atoms with Crippen molar-refractivity contribution in [1.82, 2.24) is 10.3 Å². The first-order valence-corrected chi connectivity index (χ1v) is 7.42. The van der Waals surface area contributed by atoms with E-state index in [1.54, 1.807) is 6.20 Å². The second-order valence-corrected chi connectivity index (χ2v) is 5.84. The minimum Gasteiger partial charge on any atom is -0.435 e. The van der Waals surface area contributed by atoms with Crippen molar-refractivity contribution < 1.29 is 13.5 Å². The van der Waals surface area contributed by atoms with Crippen LogP contribution < -0.4 is 10.1 Å². The van der Waals surface area contributed by atoms with Gasteiger partial charge in [-0.05, 0) is 47.0 Å². The topological polar surface area (TPSA) is 34.1 Å². The van der Waals surface area contributed by atoms with Gasteiger partial charge in [0, 0.05) is 28.8 Å². The van der Waals surface area contributed by atoms with Crippen LogP contribution in [0, 0.1) is 11.6 Å². The van der Waals surface area contributed by atoms with Crippen LogP contribution in [0.2, 0.25) is 0 Å². The van der Waals surface area contributed by atoms with Gasteiger partial charge >= 0.3 is 0 Å². The van der Waals surface area contributed by atoms with Crippen molar-refractivity contribution in [1.29, 1.82) is 0 Å². The molecule has 0 radical (unpaired) electrons. The molecule has 1 saturated carbocycles. The highest BCUT2D eigenvalue weighted by atomic mass is 79.9. The lowest BCUT2D eigenvalue weighted by atomic mass is 10.2. The molecule has 3 rings (SSSR count). The Morgan fingerprint density at radius 3 is 2.90 bits per heavy atom. The fourth-order valence-electron chi connectivity index (χ4n) is 1.90. The summed E-state index contributed by atoms with van der Waals surface area (Å²) in [6, 6.07) is 6.21. The van der Waals surface area contributed by atoms with E-state index < -0.39 is 11.6 Å². The summed E-state index contributed by atoms with van der Waals surface area (Å²) in [5.74, 6) is -1.85. The smallest absolute Gasteiger partial charge is 0.223 e. The molecular weight excluding hydrogens is 342 g/mol. The number of nitrogens with one attached hydrogen (secondary N) is 1. The van der Waals surface area contributed by atoms with Crippen LogP contribution in [-0.4, -0.2) is 11.0 Å². The number of nitrogens with zero attached hydrogens (tertiary/aromatic N) is 1. The molecule has 0 saturated heterocycles. The van der Waals surface area contributed by atoms with E-state index in [2.05, 4.69) is 26.2 Å². The zero-order valence-electron chi connectivity index (χ0n) is 11.1. The first kappa shape index (κ1) is 14.4. The minimum atomic E-state index is -1.01. The molecule has 1 aromatic heterocycles. The van der Waals surface area contributed by atoms with Gasteiger partial charge in [0.05, 0.1) is 0 Å². The molecule has 1 N–H and O–H groups in total. The van der Waals surface area contributed by atoms with E-state index in [4.69, 9.17) is 4.74 Å². The summed E-state index contributed by atoms with van der Waals surface area (Å²) in [5.41, 5.74) is 0.792. The maximum Gasteiger partial charge on any atom is 0.223 e. The Bertz CT molecular complexity index is 662. The predicted octanol–water partition coefficient (Wildman–Crippen LogP) is 4.17. The van der Waals surface area contributed by atoms with Gasteiger partial charge in [-0.3, -0.25) is 0 Å². The third-order valence-corrected chi connectivity index (χ3v) is 3.61. The zero-order valence-corrected chi connectivity index (χ0v) is 12.7. The van der Waals surface area contributed by atoms with Gasteiger partial charge in [0.15, 0.2) is 11.6 Å². The van der Waals surface area contributed by atoms with Gasteiger partial charge in [0.1, 0.15) is 0 Å². The van der Waals surface area contributed by atoms with Crippen molar-refractivity contribution in [3.8, 4) is 11.6 Å². The van der Waals surface area contributed by atoms with E-state index in [0.717, 1.165) is 28.9 Å². The van der Waals surface area contributed by atoms with E-state index in [-0.39, 0.29) is 11.6 Å². The minimum absolute atomic E-state index is 0.169. The number of hydrogen-bond donors (Lipinski definition) is 1. The molecule has 0 unspecified atom stereocenters. The summed E-state index contributed by atoms with van der Waals surface area (Å²) in [7, 11) is 0. The van der Waals surface area contributed by atoms with Crippen LogP contribution in [0.5, 0.6) is 11.6 Å². The molecule has 1 aliphatic carbocycles. The first-order valence-electron chi connectivity index (χ1n) is 6.63. The number of hydrogen-bond acceptors (Lipinski definition) is 3. The predicted molar refractivity (Wildman–Crippen MR) is 78.2 cm³/mol. The number of benzene rings is 1. The van der Waals surface area contributed by atoms with Gasteiger partial charge in [0.25, 0.3) is 0 Å². The quantitative estimate of drug-likeness (QED) is 0.874. The number of halogens is 3. The fraction of sp³-hybridized carbons (Fsp3) is 0.267. The van der Waals surface area contributed by atoms with Crippen LogP contribution in [0.4, 0.5) is 8.78 Å². The molecule has 0 bridgehead atoms. The molecule has 110 valence electrons. The van der Waals surface area contributed by atoms with Crippen LogP contribution in [0.1, 0.15) is 18.4 Å². The summed E-state index contributed by atoms with van der Waals surface area (Å²) in [6.07, 6.45) is 3.89. The van der Waals surface area contributed by atoms with Crippen molar-refractivity contribution >= 4 is 15.9 Å². The average Bonchev–Trinajstić information content (AvgIpc) is 3.28. The zero-order chi connectivity index (χ0) is 14.8. The molecule has 1 aliphatic rings. The van der Waals surface area contributed by atoms with Crippen molar-refractivity contribution in [3.63, 3.8) is 0 Å². The summed E-state index contributed by atoms with van der Waals surface area (Å²) in [5, 5.41) is 3.34. The van der Waals surface area contributed by atoms with Gasteiger partial charge in [-0.25, -0.2) is 9.37 Å². The maximum atomic E-state index is 13.7. The van der Waals surface area contributed by atoms with E-state index in [9.17, 15) is 8.78 Å². The molecule has 0 amide bonds. The Balaban J connectivity index is 1.84. The van der Waals surface area contributed by atoms with E-state index in [0.29, 0.717) is 12.6 Å². The van der Waals surface area contributed by atoms with Crippen LogP contribution in [-0.2, 0) is 6.54 Å². The molecule has 1 aromatic carbocycles. The van der Waals surface area contributed by atoms with Crippen LogP contribution in [0.15, 0.2) is 34.9 Å². The molecule has 21 heavy (non-hydrogen) atoms. The molecule has 2 aromatic rings. The molecule has 0 atom stereocenters. The molecule has 3 nitrogen and oxygen atoms in total. The van der Waals surface area contributed by atoms with Crippen molar-refractivity contribution in [2.75, 3.05) is 0 Å². The Hall–Kier alpha value is -1.53. The SMILES string of the molecule is Fc1cccc(Oc2ncc(Br)cc2CNC2CC2)c1F. The first-order chi connectivity index (χ1) is 10.1. The Kier molecular flexibility index (Phi) is 4.17. The number of ether oxygens (including phenoxy) is 1. The lowest BCUT2D eigenvalue weighted by Crippen LogP contribution is -2.16. The third kappa shape index (κ3) is 3.57. The van der Waals surface area contributed by atoms with Crippen molar-refractivity contribution in [3.05, 3.63) is 52.1 Å². The lowest BCUT2D eigenvalue weighted by molar-refractivity contribution is 0.400. The summed E-state index contributed by atoms with van der Waals surface area (Å²) in [6.45, 7) is 0.573. The second-order valence-electron chi connectivity index (χ2n) is 4.93. The monoisotopic (exact) mass is 354 g/mol. The van der Waals surface area contributed by atoms with Crippen LogP contribution >= 0.6 is 15.9 Å². The van der Waals surface area contributed by atoms with Gasteiger partial charge in [-0.1, -0.05) is 6.07 Å². The van der Waals surface area contributed by atoms with Gasteiger partial charge in [-0.2, -0.15) is 4.39 Å². The van der Waals surface area contributed by atoms with Crippen LogP contribution in [0.3, 0.4) is 0 Å². The summed E-state index contributed by atoms with van der Waals surface area (Å²) < 4.78 is 33.1. The van der Waals surface area contributed by atoms with Crippen molar-refractivity contribution in [2.24, 2.45) is 0 Å². The van der Waals surface area contributed by atoms with Crippen molar-refractivity contribution in [2.45, 2.75) is 25.4 Å². The summed E-state index contributed by atoms with van der Waals surface area (Å²) in [4.78, 5) is 4.14. The number of pyridine rings is 1. The third-order valence-electron chi connectivity index (χ3n) is 3.17. The summed E-state index contributed by atoms with van der Waals surface area (Å²) >= 11 is 3.35. The largest absolute Gasteiger partial charge is 0.435 e. The standard InChI is InChI=1S/C15H13BrF2N2O/c16-10-6-9(7-19-11-4-5-11)15(20-8-10)21-13-3-1-2-12(17)14(13)18/h1-3,6,8,11,19H,4-5,7H2. The van der Waals surface area contributed by atoms with Gasteiger partial charge < -0.3 is 10.1 Å². The normalized spacial score (nSPS) is 14.2. The highest BCUT2D eigenvalue weighted by Crippen LogP contribution is 2.29. The number of aromatic nitrogens is 1. The molecule has 6 heteroatoms. The molecule has 0 spiro atoms. The highest BCUT2D eigenvalue weighted by Gasteiger charge is 2.21. The average molecular weight is 355 g/mol. The number of rotatable bonds is 5. The Morgan fingerprint density at radius 2 is 2.14 bits per heavy atom. The van der Waals surface area contributed by atoms with E-state index in [1.165, 1.54) is 12.1 Å². The highest BCUT2D eigenvalue weighted by molar-refractivity contribution is 9.10.